The lowest BCUT2D eigenvalue weighted by Crippen LogP contribution is -2.45. The lowest BCUT2D eigenvalue weighted by atomic mass is 9.85. The first kappa shape index (κ1) is 18.0. The number of nitrogens with zero attached hydrogens (tertiary/aromatic N) is 1. The number of rotatable bonds is 3. The van der Waals surface area contributed by atoms with Crippen molar-refractivity contribution in [3.63, 3.8) is 0 Å². The SMILES string of the molecule is CC(C)C1CN(C(=O)/C=C/C(=O)O)c2cccc(C(C)(C)C)c2O1. The second-order valence-electron chi connectivity index (χ2n) is 7.42. The number of hydrogen-bond acceptors (Lipinski definition) is 3. The first-order valence-corrected chi connectivity index (χ1v) is 8.14. The van der Waals surface area contributed by atoms with Gasteiger partial charge in [0.25, 0.3) is 5.91 Å². The highest BCUT2D eigenvalue weighted by Crippen LogP contribution is 2.42. The van der Waals surface area contributed by atoms with Crippen LogP contribution in [0.3, 0.4) is 0 Å². The lowest BCUT2D eigenvalue weighted by molar-refractivity contribution is -0.131. The number of hydrogen-bond donors (Lipinski definition) is 1. The molecule has 0 saturated carbocycles. The van der Waals surface area contributed by atoms with Crippen LogP contribution in [0.5, 0.6) is 5.75 Å². The summed E-state index contributed by atoms with van der Waals surface area (Å²) in [7, 11) is 0. The van der Waals surface area contributed by atoms with E-state index in [9.17, 15) is 9.59 Å². The Balaban J connectivity index is 2.52. The summed E-state index contributed by atoms with van der Waals surface area (Å²) in [6.45, 7) is 10.8. The number of amides is 1. The number of carbonyl (C=O) groups is 2. The van der Waals surface area contributed by atoms with Crippen LogP contribution >= 0.6 is 0 Å². The molecule has 1 aliphatic heterocycles. The molecule has 2 rings (SSSR count). The second kappa shape index (κ2) is 6.67. The smallest absolute Gasteiger partial charge is 0.328 e. The molecular formula is C19H25NO4. The highest BCUT2D eigenvalue weighted by atomic mass is 16.5. The number of carbonyl (C=O) groups excluding carboxylic acids is 1. The topological polar surface area (TPSA) is 66.8 Å². The average molecular weight is 331 g/mol. The summed E-state index contributed by atoms with van der Waals surface area (Å²) in [5, 5.41) is 8.76. The quantitative estimate of drug-likeness (QED) is 0.862. The highest BCUT2D eigenvalue weighted by molar-refractivity contribution is 6.05. The predicted molar refractivity (Wildman–Crippen MR) is 93.5 cm³/mol. The van der Waals surface area contributed by atoms with Gasteiger partial charge in [0.15, 0.2) is 0 Å². The number of benzene rings is 1. The van der Waals surface area contributed by atoms with E-state index in [4.69, 9.17) is 9.84 Å². The van der Waals surface area contributed by atoms with Gasteiger partial charge in [0, 0.05) is 17.7 Å². The molecule has 0 bridgehead atoms. The van der Waals surface area contributed by atoms with Crippen molar-refractivity contribution < 1.29 is 19.4 Å². The maximum absolute atomic E-state index is 12.5. The van der Waals surface area contributed by atoms with E-state index in [0.29, 0.717) is 18.0 Å². The van der Waals surface area contributed by atoms with Crippen molar-refractivity contribution in [3.8, 4) is 5.75 Å². The molecule has 1 aromatic carbocycles. The number of fused-ring (bicyclic) bond motifs is 1. The van der Waals surface area contributed by atoms with Crippen molar-refractivity contribution in [2.45, 2.75) is 46.1 Å². The largest absolute Gasteiger partial charge is 0.486 e. The normalized spacial score (nSPS) is 17.8. The Bertz CT molecular complexity index is 670. The fraction of sp³-hybridized carbons (Fsp3) is 0.474. The molecule has 1 aromatic rings. The van der Waals surface area contributed by atoms with E-state index < -0.39 is 5.97 Å². The van der Waals surface area contributed by atoms with Gasteiger partial charge in [0.05, 0.1) is 12.2 Å². The molecule has 5 heteroatoms. The van der Waals surface area contributed by atoms with Gasteiger partial charge in [0.1, 0.15) is 11.9 Å². The zero-order valence-corrected chi connectivity index (χ0v) is 14.9. The Labute approximate surface area is 142 Å². The molecule has 0 saturated heterocycles. The number of para-hydroxylation sites is 1. The van der Waals surface area contributed by atoms with Gasteiger partial charge in [-0.1, -0.05) is 46.8 Å². The van der Waals surface area contributed by atoms with E-state index in [0.717, 1.165) is 17.7 Å². The minimum absolute atomic E-state index is 0.129. The van der Waals surface area contributed by atoms with Crippen molar-refractivity contribution in [1.29, 1.82) is 0 Å². The average Bonchev–Trinajstić information content (AvgIpc) is 2.49. The monoisotopic (exact) mass is 331 g/mol. The summed E-state index contributed by atoms with van der Waals surface area (Å²) in [6, 6.07) is 5.75. The van der Waals surface area contributed by atoms with Crippen LogP contribution < -0.4 is 9.64 Å². The molecular weight excluding hydrogens is 306 g/mol. The Morgan fingerprint density at radius 3 is 2.50 bits per heavy atom. The molecule has 0 radical (unpaired) electrons. The maximum atomic E-state index is 12.5. The van der Waals surface area contributed by atoms with E-state index in [1.54, 1.807) is 4.90 Å². The summed E-state index contributed by atoms with van der Waals surface area (Å²) in [4.78, 5) is 24.8. The maximum Gasteiger partial charge on any atom is 0.328 e. The fourth-order valence-corrected chi connectivity index (χ4v) is 2.71. The Kier molecular flexibility index (Phi) is 5.02. The molecule has 1 atom stereocenters. The van der Waals surface area contributed by atoms with Crippen molar-refractivity contribution in [2.75, 3.05) is 11.4 Å². The van der Waals surface area contributed by atoms with Crippen LogP contribution in [0.4, 0.5) is 5.69 Å². The Hall–Kier alpha value is -2.30. The molecule has 1 amide bonds. The Morgan fingerprint density at radius 1 is 1.29 bits per heavy atom. The summed E-state index contributed by atoms with van der Waals surface area (Å²) in [5.41, 5.74) is 1.60. The molecule has 0 spiro atoms. The molecule has 0 aromatic heterocycles. The van der Waals surface area contributed by atoms with Crippen molar-refractivity contribution in [1.82, 2.24) is 0 Å². The standard InChI is InChI=1S/C19H25NO4/c1-12(2)15-11-20(16(21)9-10-17(22)23)14-8-6-7-13(18(14)24-15)19(3,4)5/h6-10,12,15H,11H2,1-5H3,(H,22,23)/b10-9+. The van der Waals surface area contributed by atoms with Crippen molar-refractivity contribution in [2.24, 2.45) is 5.92 Å². The number of anilines is 1. The molecule has 1 N–H and O–H groups in total. The van der Waals surface area contributed by atoms with E-state index in [1.807, 2.05) is 32.0 Å². The summed E-state index contributed by atoms with van der Waals surface area (Å²) >= 11 is 0. The molecule has 0 fully saturated rings. The van der Waals surface area contributed by atoms with Gasteiger partial charge < -0.3 is 14.7 Å². The van der Waals surface area contributed by atoms with Gasteiger partial charge >= 0.3 is 5.97 Å². The number of ether oxygens (including phenoxy) is 1. The van der Waals surface area contributed by atoms with E-state index >= 15 is 0 Å². The van der Waals surface area contributed by atoms with E-state index in [1.165, 1.54) is 0 Å². The third kappa shape index (κ3) is 3.78. The fourth-order valence-electron chi connectivity index (χ4n) is 2.71. The second-order valence-corrected chi connectivity index (χ2v) is 7.42. The molecule has 0 aliphatic carbocycles. The zero-order valence-electron chi connectivity index (χ0n) is 14.9. The number of carboxylic acid groups (broad SMARTS) is 1. The zero-order chi connectivity index (χ0) is 18.1. The van der Waals surface area contributed by atoms with Crippen LogP contribution in [-0.2, 0) is 15.0 Å². The predicted octanol–water partition coefficient (Wildman–Crippen LogP) is 3.37. The van der Waals surface area contributed by atoms with Gasteiger partial charge in [-0.25, -0.2) is 4.79 Å². The van der Waals surface area contributed by atoms with Crippen LogP contribution in [0.15, 0.2) is 30.4 Å². The number of aliphatic carboxylic acids is 1. The van der Waals surface area contributed by atoms with Gasteiger partial charge in [-0.05, 0) is 17.4 Å². The Morgan fingerprint density at radius 2 is 1.96 bits per heavy atom. The van der Waals surface area contributed by atoms with Crippen LogP contribution in [0, 0.1) is 5.92 Å². The molecule has 5 nitrogen and oxygen atoms in total. The molecule has 1 heterocycles. The van der Waals surface area contributed by atoms with Gasteiger partial charge in [-0.3, -0.25) is 4.79 Å². The lowest BCUT2D eigenvalue weighted by Gasteiger charge is -2.39. The first-order valence-electron chi connectivity index (χ1n) is 8.14. The summed E-state index contributed by atoms with van der Waals surface area (Å²) < 4.78 is 6.22. The number of carboxylic acids is 1. The minimum Gasteiger partial charge on any atom is -0.486 e. The molecule has 1 unspecified atom stereocenters. The van der Waals surface area contributed by atoms with Crippen LogP contribution in [0.2, 0.25) is 0 Å². The van der Waals surface area contributed by atoms with Crippen LogP contribution in [0.1, 0.15) is 40.2 Å². The van der Waals surface area contributed by atoms with E-state index in [-0.39, 0.29) is 23.3 Å². The van der Waals surface area contributed by atoms with Crippen LogP contribution in [-0.4, -0.2) is 29.6 Å². The van der Waals surface area contributed by atoms with Crippen LogP contribution in [0.25, 0.3) is 0 Å². The van der Waals surface area contributed by atoms with Gasteiger partial charge in [-0.2, -0.15) is 0 Å². The van der Waals surface area contributed by atoms with E-state index in [2.05, 4.69) is 20.8 Å². The minimum atomic E-state index is -1.14. The molecule has 1 aliphatic rings. The molecule has 24 heavy (non-hydrogen) atoms. The van der Waals surface area contributed by atoms with Crippen molar-refractivity contribution in [3.05, 3.63) is 35.9 Å². The summed E-state index contributed by atoms with van der Waals surface area (Å²) in [6.07, 6.45) is 1.83. The highest BCUT2D eigenvalue weighted by Gasteiger charge is 2.34. The summed E-state index contributed by atoms with van der Waals surface area (Å²) in [5.74, 6) is -0.545. The van der Waals surface area contributed by atoms with Crippen molar-refractivity contribution >= 4 is 17.6 Å². The third-order valence-electron chi connectivity index (χ3n) is 4.10. The van der Waals surface area contributed by atoms with Gasteiger partial charge in [-0.15, -0.1) is 0 Å². The third-order valence-corrected chi connectivity index (χ3v) is 4.10. The molecule has 130 valence electrons. The van der Waals surface area contributed by atoms with Gasteiger partial charge in [0.2, 0.25) is 0 Å². The first-order chi connectivity index (χ1) is 11.1.